The highest BCUT2D eigenvalue weighted by Crippen LogP contribution is 2.37. The first kappa shape index (κ1) is 22.1. The highest BCUT2D eigenvalue weighted by Gasteiger charge is 2.40. The topological polar surface area (TPSA) is 55.8 Å². The Labute approximate surface area is 190 Å². The van der Waals surface area contributed by atoms with Gasteiger partial charge in [-0.15, -0.1) is 0 Å². The van der Waals surface area contributed by atoms with Crippen LogP contribution in [0.1, 0.15) is 25.0 Å². The Balaban J connectivity index is 1.63. The van der Waals surface area contributed by atoms with Crippen LogP contribution in [0, 0.1) is 5.82 Å². The predicted molar refractivity (Wildman–Crippen MR) is 124 cm³/mol. The lowest BCUT2D eigenvalue weighted by Crippen LogP contribution is -2.31. The van der Waals surface area contributed by atoms with Gasteiger partial charge in [0.25, 0.3) is 5.24 Å². The molecule has 1 atom stereocenters. The molecule has 0 spiro atoms. The van der Waals surface area contributed by atoms with Crippen molar-refractivity contribution in [3.05, 3.63) is 71.5 Å². The number of carbonyl (C=O) groups excluding carboxylic acids is 2. The number of benzene rings is 3. The summed E-state index contributed by atoms with van der Waals surface area (Å²) in [6, 6.07) is 15.6. The Morgan fingerprint density at radius 3 is 2.41 bits per heavy atom. The quantitative estimate of drug-likeness (QED) is 0.445. The standard InChI is InChI=1S/C25H24FNO4S/c1-3-30-19-11-7-17-8-12-22(31-4-2)21(20(17)13-19)14-23-24(28)27(25(29)32-23)15-16-5-9-18(26)10-6-16/h5-13,23H,3-4,14-15H2,1-2H3/t23-/m0/s1. The second kappa shape index (κ2) is 9.61. The van der Waals surface area contributed by atoms with Gasteiger partial charge in [-0.25, -0.2) is 4.39 Å². The van der Waals surface area contributed by atoms with Crippen LogP contribution in [0.25, 0.3) is 10.8 Å². The van der Waals surface area contributed by atoms with Crippen molar-refractivity contribution in [2.24, 2.45) is 0 Å². The molecule has 4 rings (SSSR count). The molecule has 0 aromatic heterocycles. The van der Waals surface area contributed by atoms with Crippen LogP contribution in [0.2, 0.25) is 0 Å². The Bertz CT molecular complexity index is 1140. The van der Waals surface area contributed by atoms with Crippen LogP contribution >= 0.6 is 11.8 Å². The molecule has 0 bridgehead atoms. The van der Waals surface area contributed by atoms with Crippen molar-refractivity contribution in [2.75, 3.05) is 13.2 Å². The number of hydrogen-bond acceptors (Lipinski definition) is 5. The zero-order valence-electron chi connectivity index (χ0n) is 18.0. The lowest BCUT2D eigenvalue weighted by Gasteiger charge is -2.17. The Hall–Kier alpha value is -3.06. The molecule has 0 unspecified atom stereocenters. The zero-order chi connectivity index (χ0) is 22.7. The Morgan fingerprint density at radius 1 is 0.969 bits per heavy atom. The molecular weight excluding hydrogens is 429 g/mol. The fourth-order valence-corrected chi connectivity index (χ4v) is 4.83. The summed E-state index contributed by atoms with van der Waals surface area (Å²) in [6.45, 7) is 5.01. The van der Waals surface area contributed by atoms with E-state index in [1.807, 2.05) is 44.2 Å². The first-order valence-electron chi connectivity index (χ1n) is 10.6. The lowest BCUT2D eigenvalue weighted by atomic mass is 9.98. The molecule has 166 valence electrons. The highest BCUT2D eigenvalue weighted by atomic mass is 32.2. The number of halogens is 1. The molecule has 2 amide bonds. The summed E-state index contributed by atoms with van der Waals surface area (Å²) >= 11 is 1.03. The molecule has 3 aromatic rings. The molecule has 1 heterocycles. The number of hydrogen-bond donors (Lipinski definition) is 0. The smallest absolute Gasteiger partial charge is 0.289 e. The maximum Gasteiger partial charge on any atom is 0.289 e. The summed E-state index contributed by atoms with van der Waals surface area (Å²) in [6.07, 6.45) is 0.359. The number of thioether (sulfide) groups is 1. The molecule has 1 aliphatic rings. The SMILES string of the molecule is CCOc1ccc2ccc(OCC)c(C[C@@H]3SC(=O)N(Cc4ccc(F)cc4)C3=O)c2c1. The third kappa shape index (κ3) is 4.58. The van der Waals surface area contributed by atoms with E-state index in [0.717, 1.165) is 33.8 Å². The van der Waals surface area contributed by atoms with E-state index in [4.69, 9.17) is 9.47 Å². The summed E-state index contributed by atoms with van der Waals surface area (Å²) < 4.78 is 24.7. The number of ether oxygens (including phenoxy) is 2. The summed E-state index contributed by atoms with van der Waals surface area (Å²) in [4.78, 5) is 27.0. The van der Waals surface area contributed by atoms with E-state index in [-0.39, 0.29) is 23.5 Å². The minimum absolute atomic E-state index is 0.129. The zero-order valence-corrected chi connectivity index (χ0v) is 18.8. The molecule has 1 saturated heterocycles. The molecule has 0 aliphatic carbocycles. The number of fused-ring (bicyclic) bond motifs is 1. The van der Waals surface area contributed by atoms with Gasteiger partial charge in [0.05, 0.1) is 25.0 Å². The van der Waals surface area contributed by atoms with E-state index >= 15 is 0 Å². The third-order valence-corrected chi connectivity index (χ3v) is 6.40. The van der Waals surface area contributed by atoms with Crippen molar-refractivity contribution in [3.63, 3.8) is 0 Å². The van der Waals surface area contributed by atoms with Crippen LogP contribution in [-0.4, -0.2) is 34.5 Å². The van der Waals surface area contributed by atoms with Crippen LogP contribution in [0.4, 0.5) is 9.18 Å². The van der Waals surface area contributed by atoms with Crippen molar-refractivity contribution < 1.29 is 23.5 Å². The molecule has 3 aromatic carbocycles. The molecule has 1 aliphatic heterocycles. The van der Waals surface area contributed by atoms with E-state index in [2.05, 4.69) is 0 Å². The normalized spacial score (nSPS) is 16.1. The molecular formula is C25H24FNO4S. The fraction of sp³-hybridized carbons (Fsp3) is 0.280. The van der Waals surface area contributed by atoms with Gasteiger partial charge in [0.2, 0.25) is 5.91 Å². The first-order valence-corrected chi connectivity index (χ1v) is 11.5. The van der Waals surface area contributed by atoms with E-state index in [1.165, 1.54) is 17.0 Å². The molecule has 0 radical (unpaired) electrons. The van der Waals surface area contributed by atoms with Crippen LogP contribution in [0.3, 0.4) is 0 Å². The summed E-state index contributed by atoms with van der Waals surface area (Å²) in [5, 5.41) is 1.11. The van der Waals surface area contributed by atoms with Crippen molar-refractivity contribution in [3.8, 4) is 11.5 Å². The third-order valence-electron chi connectivity index (χ3n) is 5.32. The minimum atomic E-state index is -0.552. The predicted octanol–water partition coefficient (Wildman–Crippen LogP) is 5.58. The molecule has 1 fully saturated rings. The number of imide groups is 1. The molecule has 7 heteroatoms. The number of rotatable bonds is 8. The van der Waals surface area contributed by atoms with Gasteiger partial charge in [-0.05, 0) is 66.9 Å². The van der Waals surface area contributed by atoms with Gasteiger partial charge in [0.1, 0.15) is 17.3 Å². The van der Waals surface area contributed by atoms with Crippen LogP contribution in [0.5, 0.6) is 11.5 Å². The summed E-state index contributed by atoms with van der Waals surface area (Å²) in [5.41, 5.74) is 1.59. The van der Waals surface area contributed by atoms with Gasteiger partial charge < -0.3 is 9.47 Å². The van der Waals surface area contributed by atoms with Gasteiger partial charge in [-0.2, -0.15) is 0 Å². The maximum atomic E-state index is 13.2. The molecule has 32 heavy (non-hydrogen) atoms. The minimum Gasteiger partial charge on any atom is -0.494 e. The lowest BCUT2D eigenvalue weighted by molar-refractivity contribution is -0.127. The Morgan fingerprint density at radius 2 is 1.69 bits per heavy atom. The van der Waals surface area contributed by atoms with Crippen molar-refractivity contribution in [1.29, 1.82) is 0 Å². The highest BCUT2D eigenvalue weighted by molar-refractivity contribution is 8.15. The second-order valence-corrected chi connectivity index (χ2v) is 8.57. The largest absolute Gasteiger partial charge is 0.494 e. The van der Waals surface area contributed by atoms with Crippen LogP contribution in [0.15, 0.2) is 54.6 Å². The summed E-state index contributed by atoms with van der Waals surface area (Å²) in [7, 11) is 0. The number of nitrogens with zero attached hydrogens (tertiary/aromatic N) is 1. The molecule has 5 nitrogen and oxygen atoms in total. The first-order chi connectivity index (χ1) is 15.5. The van der Waals surface area contributed by atoms with Crippen LogP contribution in [-0.2, 0) is 17.8 Å². The monoisotopic (exact) mass is 453 g/mol. The fourth-order valence-electron chi connectivity index (χ4n) is 3.83. The average Bonchev–Trinajstić information content (AvgIpc) is 3.04. The van der Waals surface area contributed by atoms with Gasteiger partial charge in [-0.1, -0.05) is 36.0 Å². The van der Waals surface area contributed by atoms with Crippen molar-refractivity contribution >= 4 is 33.7 Å². The van der Waals surface area contributed by atoms with Crippen LogP contribution < -0.4 is 9.47 Å². The average molecular weight is 454 g/mol. The van der Waals surface area contributed by atoms with E-state index in [9.17, 15) is 14.0 Å². The van der Waals surface area contributed by atoms with E-state index in [0.29, 0.717) is 30.9 Å². The summed E-state index contributed by atoms with van der Waals surface area (Å²) in [5.74, 6) is 0.844. The maximum absolute atomic E-state index is 13.2. The molecule has 0 saturated carbocycles. The van der Waals surface area contributed by atoms with Gasteiger partial charge in [0, 0.05) is 5.56 Å². The number of carbonyl (C=O) groups is 2. The van der Waals surface area contributed by atoms with Crippen molar-refractivity contribution in [2.45, 2.75) is 32.1 Å². The Kier molecular flexibility index (Phi) is 6.65. The van der Waals surface area contributed by atoms with E-state index in [1.54, 1.807) is 12.1 Å². The van der Waals surface area contributed by atoms with Crippen molar-refractivity contribution in [1.82, 2.24) is 4.90 Å². The van der Waals surface area contributed by atoms with Gasteiger partial charge in [0.15, 0.2) is 0 Å². The molecule has 0 N–H and O–H groups in total. The number of amides is 2. The van der Waals surface area contributed by atoms with Gasteiger partial charge in [-0.3, -0.25) is 14.5 Å². The van der Waals surface area contributed by atoms with Gasteiger partial charge >= 0.3 is 0 Å². The van der Waals surface area contributed by atoms with E-state index < -0.39 is 5.25 Å². The second-order valence-electron chi connectivity index (χ2n) is 7.42.